The summed E-state index contributed by atoms with van der Waals surface area (Å²) < 4.78 is 1.84. The molecule has 25 heavy (non-hydrogen) atoms. The number of amides is 2. The van der Waals surface area contributed by atoms with E-state index in [9.17, 15) is 4.79 Å². The molecular formula is C19H20N4OS. The third-order valence-corrected chi connectivity index (χ3v) is 5.21. The monoisotopic (exact) mass is 352 g/mol. The molecule has 3 heterocycles. The van der Waals surface area contributed by atoms with Gasteiger partial charge in [-0.2, -0.15) is 16.4 Å². The van der Waals surface area contributed by atoms with Crippen molar-refractivity contribution in [2.45, 2.75) is 25.4 Å². The number of aromatic nitrogens is 2. The molecule has 1 saturated heterocycles. The molecular weight excluding hydrogens is 332 g/mol. The van der Waals surface area contributed by atoms with Crippen LogP contribution in [0, 0.1) is 0 Å². The zero-order chi connectivity index (χ0) is 17.1. The lowest BCUT2D eigenvalue weighted by Crippen LogP contribution is -2.34. The molecule has 1 N–H and O–H groups in total. The van der Waals surface area contributed by atoms with Gasteiger partial charge >= 0.3 is 6.03 Å². The average Bonchev–Trinajstić information content (AvgIpc) is 3.37. The molecule has 1 aromatic carbocycles. The standard InChI is InChI=1S/C19H20N4OS/c24-19(23-10-4-7-17(23)16-9-12-25-14-16)20-18-8-11-22(21-18)13-15-5-2-1-3-6-15/h1-3,5-6,8-9,11-12,14,17H,4,7,10,13H2,(H,20,21,24)/t17-/m0/s1. The molecule has 0 aliphatic carbocycles. The number of hydrogen-bond acceptors (Lipinski definition) is 3. The molecule has 4 rings (SSSR count). The largest absolute Gasteiger partial charge is 0.323 e. The Kier molecular flexibility index (Phi) is 4.52. The predicted octanol–water partition coefficient (Wildman–Crippen LogP) is 4.36. The van der Waals surface area contributed by atoms with Crippen molar-refractivity contribution in [2.24, 2.45) is 0 Å². The molecule has 0 spiro atoms. The van der Waals surface area contributed by atoms with Crippen molar-refractivity contribution < 1.29 is 4.79 Å². The van der Waals surface area contributed by atoms with Gasteiger partial charge < -0.3 is 4.90 Å². The maximum absolute atomic E-state index is 12.7. The van der Waals surface area contributed by atoms with Crippen LogP contribution in [0.2, 0.25) is 0 Å². The van der Waals surface area contributed by atoms with Crippen molar-refractivity contribution in [1.29, 1.82) is 0 Å². The van der Waals surface area contributed by atoms with Crippen LogP contribution in [0.15, 0.2) is 59.4 Å². The van der Waals surface area contributed by atoms with Gasteiger partial charge in [-0.05, 0) is 40.8 Å². The van der Waals surface area contributed by atoms with E-state index in [0.29, 0.717) is 12.4 Å². The van der Waals surface area contributed by atoms with E-state index in [1.807, 2.05) is 40.0 Å². The SMILES string of the molecule is O=C(Nc1ccn(Cc2ccccc2)n1)N1CCC[C@H]1c1ccsc1. The highest BCUT2D eigenvalue weighted by atomic mass is 32.1. The average molecular weight is 352 g/mol. The van der Waals surface area contributed by atoms with E-state index in [2.05, 4.69) is 39.4 Å². The van der Waals surface area contributed by atoms with E-state index in [4.69, 9.17) is 0 Å². The summed E-state index contributed by atoms with van der Waals surface area (Å²) in [7, 11) is 0. The molecule has 0 bridgehead atoms. The van der Waals surface area contributed by atoms with Crippen molar-refractivity contribution in [3.63, 3.8) is 0 Å². The number of benzene rings is 1. The van der Waals surface area contributed by atoms with Gasteiger partial charge in [-0.15, -0.1) is 0 Å². The second kappa shape index (κ2) is 7.11. The molecule has 1 atom stereocenters. The van der Waals surface area contributed by atoms with Crippen LogP contribution in [0.1, 0.15) is 30.0 Å². The molecule has 2 aromatic heterocycles. The third kappa shape index (κ3) is 3.58. The van der Waals surface area contributed by atoms with Crippen molar-refractivity contribution in [2.75, 3.05) is 11.9 Å². The van der Waals surface area contributed by atoms with Gasteiger partial charge in [-0.1, -0.05) is 30.3 Å². The van der Waals surface area contributed by atoms with E-state index in [-0.39, 0.29) is 12.1 Å². The Labute approximate surface area is 150 Å². The minimum atomic E-state index is -0.0707. The fraction of sp³-hybridized carbons (Fsp3) is 0.263. The Morgan fingerprint density at radius 3 is 2.92 bits per heavy atom. The minimum Gasteiger partial charge on any atom is -0.317 e. The summed E-state index contributed by atoms with van der Waals surface area (Å²) in [6.07, 6.45) is 3.95. The zero-order valence-electron chi connectivity index (χ0n) is 13.8. The molecule has 5 nitrogen and oxygen atoms in total. The number of likely N-dealkylation sites (tertiary alicyclic amines) is 1. The van der Waals surface area contributed by atoms with Crippen LogP contribution in [0.4, 0.5) is 10.6 Å². The van der Waals surface area contributed by atoms with Gasteiger partial charge in [0.25, 0.3) is 0 Å². The lowest BCUT2D eigenvalue weighted by molar-refractivity contribution is 0.207. The second-order valence-electron chi connectivity index (χ2n) is 6.22. The fourth-order valence-corrected chi connectivity index (χ4v) is 4.00. The first-order valence-electron chi connectivity index (χ1n) is 8.47. The summed E-state index contributed by atoms with van der Waals surface area (Å²) in [5.41, 5.74) is 2.41. The highest BCUT2D eigenvalue weighted by molar-refractivity contribution is 7.08. The first-order chi connectivity index (χ1) is 12.3. The minimum absolute atomic E-state index is 0.0707. The number of carbonyl (C=O) groups excluding carboxylic acids is 1. The Hall–Kier alpha value is -2.60. The first kappa shape index (κ1) is 15.9. The molecule has 0 saturated carbocycles. The number of carbonyl (C=O) groups is 1. The number of thiophene rings is 1. The molecule has 128 valence electrons. The number of nitrogens with one attached hydrogen (secondary N) is 1. The van der Waals surface area contributed by atoms with Crippen LogP contribution in [-0.4, -0.2) is 27.3 Å². The van der Waals surface area contributed by atoms with Crippen LogP contribution in [-0.2, 0) is 6.54 Å². The first-order valence-corrected chi connectivity index (χ1v) is 9.41. The summed E-state index contributed by atoms with van der Waals surface area (Å²) in [4.78, 5) is 14.6. The molecule has 0 unspecified atom stereocenters. The van der Waals surface area contributed by atoms with E-state index in [1.165, 1.54) is 11.1 Å². The highest BCUT2D eigenvalue weighted by Gasteiger charge is 2.30. The summed E-state index contributed by atoms with van der Waals surface area (Å²) >= 11 is 1.67. The lowest BCUT2D eigenvalue weighted by atomic mass is 10.1. The van der Waals surface area contributed by atoms with Gasteiger partial charge in [0.15, 0.2) is 5.82 Å². The molecule has 1 aliphatic rings. The van der Waals surface area contributed by atoms with Crippen molar-refractivity contribution >= 4 is 23.2 Å². The van der Waals surface area contributed by atoms with E-state index in [1.54, 1.807) is 11.3 Å². The number of rotatable bonds is 4. The smallest absolute Gasteiger partial charge is 0.317 e. The molecule has 6 heteroatoms. The van der Waals surface area contributed by atoms with E-state index >= 15 is 0 Å². The van der Waals surface area contributed by atoms with Crippen molar-refractivity contribution in [3.8, 4) is 0 Å². The number of nitrogens with zero attached hydrogens (tertiary/aromatic N) is 3. The van der Waals surface area contributed by atoms with Gasteiger partial charge in [-0.25, -0.2) is 4.79 Å². The number of urea groups is 1. The van der Waals surface area contributed by atoms with Gasteiger partial charge in [0.2, 0.25) is 0 Å². The van der Waals surface area contributed by atoms with Crippen LogP contribution in [0.25, 0.3) is 0 Å². The summed E-state index contributed by atoms with van der Waals surface area (Å²) in [5, 5.41) is 11.6. The third-order valence-electron chi connectivity index (χ3n) is 4.50. The van der Waals surface area contributed by atoms with Crippen molar-refractivity contribution in [3.05, 3.63) is 70.5 Å². The fourth-order valence-electron chi connectivity index (χ4n) is 3.29. The lowest BCUT2D eigenvalue weighted by Gasteiger charge is -2.24. The summed E-state index contributed by atoms with van der Waals surface area (Å²) in [6, 6.07) is 14.2. The maximum atomic E-state index is 12.7. The Morgan fingerprint density at radius 1 is 1.24 bits per heavy atom. The molecule has 1 aliphatic heterocycles. The van der Waals surface area contributed by atoms with E-state index in [0.717, 1.165) is 19.4 Å². The van der Waals surface area contributed by atoms with E-state index < -0.39 is 0 Å². The summed E-state index contributed by atoms with van der Waals surface area (Å²) in [5.74, 6) is 0.594. The highest BCUT2D eigenvalue weighted by Crippen LogP contribution is 2.33. The molecule has 1 fully saturated rings. The Balaban J connectivity index is 1.41. The van der Waals surface area contributed by atoms with Crippen LogP contribution < -0.4 is 5.32 Å². The maximum Gasteiger partial charge on any atom is 0.323 e. The van der Waals surface area contributed by atoms with Gasteiger partial charge in [-0.3, -0.25) is 10.00 Å². The normalized spacial score (nSPS) is 17.0. The van der Waals surface area contributed by atoms with Crippen LogP contribution in [0.3, 0.4) is 0 Å². The second-order valence-corrected chi connectivity index (χ2v) is 7.00. The quantitative estimate of drug-likeness (QED) is 0.758. The number of hydrogen-bond donors (Lipinski definition) is 1. The Bertz CT molecular complexity index is 828. The predicted molar refractivity (Wildman–Crippen MR) is 99.8 cm³/mol. The molecule has 3 aromatic rings. The molecule has 2 amide bonds. The topological polar surface area (TPSA) is 50.2 Å². The van der Waals surface area contributed by atoms with Crippen molar-refractivity contribution in [1.82, 2.24) is 14.7 Å². The van der Waals surface area contributed by atoms with Crippen LogP contribution >= 0.6 is 11.3 Å². The molecule has 0 radical (unpaired) electrons. The Morgan fingerprint density at radius 2 is 2.12 bits per heavy atom. The summed E-state index contributed by atoms with van der Waals surface area (Å²) in [6.45, 7) is 1.48. The zero-order valence-corrected chi connectivity index (χ0v) is 14.7. The van der Waals surface area contributed by atoms with Gasteiger partial charge in [0, 0.05) is 18.8 Å². The number of anilines is 1. The van der Waals surface area contributed by atoms with Gasteiger partial charge in [0.1, 0.15) is 0 Å². The van der Waals surface area contributed by atoms with Crippen LogP contribution in [0.5, 0.6) is 0 Å². The van der Waals surface area contributed by atoms with Gasteiger partial charge in [0.05, 0.1) is 12.6 Å².